The van der Waals surface area contributed by atoms with Gasteiger partial charge in [-0.25, -0.2) is 4.98 Å². The first kappa shape index (κ1) is 16.5. The molecule has 0 aliphatic carbocycles. The van der Waals surface area contributed by atoms with Crippen LogP contribution in [0.15, 0.2) is 35.6 Å². The quantitative estimate of drug-likeness (QED) is 0.862. The first-order chi connectivity index (χ1) is 12.2. The number of carbonyl (C=O) groups excluding carboxylic acids is 1. The zero-order valence-corrected chi connectivity index (χ0v) is 15.0. The molecule has 1 atom stereocenters. The summed E-state index contributed by atoms with van der Waals surface area (Å²) in [5.41, 5.74) is 8.08. The maximum Gasteiger partial charge on any atom is 0.261 e. The van der Waals surface area contributed by atoms with Gasteiger partial charge in [-0.3, -0.25) is 4.79 Å². The van der Waals surface area contributed by atoms with Crippen molar-refractivity contribution in [2.24, 2.45) is 5.73 Å². The van der Waals surface area contributed by atoms with E-state index in [1.54, 1.807) is 18.0 Å². The van der Waals surface area contributed by atoms with Crippen LogP contribution in [-0.4, -0.2) is 52.2 Å². The lowest BCUT2D eigenvalue weighted by molar-refractivity contribution is -0.126. The van der Waals surface area contributed by atoms with Crippen LogP contribution in [-0.2, 0) is 4.79 Å². The Hall–Kier alpha value is -1.99. The summed E-state index contributed by atoms with van der Waals surface area (Å²) in [6.45, 7) is 2.35. The Morgan fingerprint density at radius 2 is 2.24 bits per heavy atom. The van der Waals surface area contributed by atoms with Crippen LogP contribution in [0.5, 0.6) is 0 Å². The monoisotopic (exact) mass is 357 g/mol. The van der Waals surface area contributed by atoms with Crippen LogP contribution >= 0.6 is 11.8 Å². The molecule has 6 nitrogen and oxygen atoms in total. The molecule has 25 heavy (non-hydrogen) atoms. The second-order valence-corrected chi connectivity index (χ2v) is 7.75. The van der Waals surface area contributed by atoms with Crippen molar-refractivity contribution in [3.8, 4) is 0 Å². The number of fused-ring (bicyclic) bond motifs is 1. The summed E-state index contributed by atoms with van der Waals surface area (Å²) in [6, 6.07) is 4.13. The summed E-state index contributed by atoms with van der Waals surface area (Å²) in [6.07, 6.45) is 8.84. The summed E-state index contributed by atoms with van der Waals surface area (Å²) in [7, 11) is 0. The van der Waals surface area contributed by atoms with Gasteiger partial charge in [0.25, 0.3) is 5.91 Å². The van der Waals surface area contributed by atoms with E-state index in [0.29, 0.717) is 6.54 Å². The highest BCUT2D eigenvalue weighted by Crippen LogP contribution is 2.31. The zero-order chi connectivity index (χ0) is 17.2. The number of thioether (sulfide) groups is 1. The van der Waals surface area contributed by atoms with E-state index in [1.807, 2.05) is 29.4 Å². The third-order valence-corrected chi connectivity index (χ3v) is 5.79. The summed E-state index contributed by atoms with van der Waals surface area (Å²) < 4.78 is 0. The molecule has 1 fully saturated rings. The van der Waals surface area contributed by atoms with Crippen molar-refractivity contribution in [1.82, 2.24) is 14.9 Å². The van der Waals surface area contributed by atoms with Crippen molar-refractivity contribution in [3.63, 3.8) is 0 Å². The number of nitrogens with one attached hydrogen (secondary N) is 1. The predicted molar refractivity (Wildman–Crippen MR) is 102 cm³/mol. The number of aromatic amines is 1. The molecule has 3 N–H and O–H groups in total. The number of nitrogens with zero attached hydrogens (tertiary/aromatic N) is 3. The van der Waals surface area contributed by atoms with Crippen molar-refractivity contribution in [3.05, 3.63) is 35.6 Å². The van der Waals surface area contributed by atoms with Gasteiger partial charge in [-0.1, -0.05) is 6.42 Å². The van der Waals surface area contributed by atoms with Gasteiger partial charge in [0, 0.05) is 55.4 Å². The number of carbonyl (C=O) groups is 1. The molecule has 0 unspecified atom stereocenters. The predicted octanol–water partition coefficient (Wildman–Crippen LogP) is 2.30. The highest BCUT2D eigenvalue weighted by Gasteiger charge is 2.26. The second kappa shape index (κ2) is 7.09. The van der Waals surface area contributed by atoms with Crippen LogP contribution in [0.4, 0.5) is 5.69 Å². The molecular formula is C18H23N5OS. The molecule has 132 valence electrons. The van der Waals surface area contributed by atoms with Gasteiger partial charge in [0.05, 0.1) is 10.6 Å². The summed E-state index contributed by atoms with van der Waals surface area (Å²) in [4.78, 5) is 25.4. The van der Waals surface area contributed by atoms with Crippen molar-refractivity contribution >= 4 is 34.4 Å². The van der Waals surface area contributed by atoms with Crippen molar-refractivity contribution < 1.29 is 4.79 Å². The number of hydrogen-bond donors (Lipinski definition) is 2. The highest BCUT2D eigenvalue weighted by molar-refractivity contribution is 8.04. The number of hydrogen-bond acceptors (Lipinski definition) is 5. The molecule has 2 aromatic rings. The van der Waals surface area contributed by atoms with Crippen molar-refractivity contribution in [2.45, 2.75) is 25.3 Å². The van der Waals surface area contributed by atoms with E-state index in [4.69, 9.17) is 5.73 Å². The number of anilines is 1. The van der Waals surface area contributed by atoms with Gasteiger partial charge in [-0.15, -0.1) is 11.8 Å². The summed E-state index contributed by atoms with van der Waals surface area (Å²) in [5.74, 6) is 1.01. The standard InChI is InChI=1S/C18H23N5OS/c19-13-3-1-2-8-23(11-13)18(24)16-12-22(9-10-25-16)15-5-7-21-17-14(15)4-6-20-17/h4-7,12-13H,1-3,8-11,19H2,(H,20,21)/t13-/m0/s1. The molecule has 4 heterocycles. The average Bonchev–Trinajstić information content (AvgIpc) is 3.02. The SMILES string of the molecule is N[C@H]1CCCCN(C(=O)C2=CN(c3ccnc4[nH]ccc34)CCS2)C1. The average molecular weight is 357 g/mol. The maximum absolute atomic E-state index is 13.0. The van der Waals surface area contributed by atoms with E-state index >= 15 is 0 Å². The fourth-order valence-electron chi connectivity index (χ4n) is 3.52. The number of rotatable bonds is 2. The fourth-order valence-corrected chi connectivity index (χ4v) is 4.48. The smallest absolute Gasteiger partial charge is 0.261 e. The normalized spacial score (nSPS) is 22.0. The highest BCUT2D eigenvalue weighted by atomic mass is 32.2. The van der Waals surface area contributed by atoms with Crippen LogP contribution in [0.1, 0.15) is 19.3 Å². The molecular weight excluding hydrogens is 334 g/mol. The molecule has 7 heteroatoms. The largest absolute Gasteiger partial charge is 0.346 e. The second-order valence-electron chi connectivity index (χ2n) is 6.61. The van der Waals surface area contributed by atoms with E-state index in [-0.39, 0.29) is 11.9 Å². The lowest BCUT2D eigenvalue weighted by atomic mass is 10.2. The van der Waals surface area contributed by atoms with Crippen LogP contribution < -0.4 is 10.6 Å². The van der Waals surface area contributed by atoms with Gasteiger partial charge in [-0.2, -0.15) is 0 Å². The van der Waals surface area contributed by atoms with Crippen LogP contribution in [0, 0.1) is 0 Å². The van der Waals surface area contributed by atoms with E-state index in [1.165, 1.54) is 0 Å². The number of nitrogens with two attached hydrogens (primary N) is 1. The molecule has 0 radical (unpaired) electrons. The third kappa shape index (κ3) is 3.39. The first-order valence-electron chi connectivity index (χ1n) is 8.80. The molecule has 0 bridgehead atoms. The Morgan fingerprint density at radius 3 is 3.16 bits per heavy atom. The number of amides is 1. The number of likely N-dealkylation sites (tertiary alicyclic amines) is 1. The Bertz CT molecular complexity index is 802. The van der Waals surface area contributed by atoms with E-state index in [9.17, 15) is 4.79 Å². The van der Waals surface area contributed by atoms with Gasteiger partial charge in [0.2, 0.25) is 0 Å². The van der Waals surface area contributed by atoms with Crippen LogP contribution in [0.25, 0.3) is 11.0 Å². The molecule has 0 saturated carbocycles. The van der Waals surface area contributed by atoms with Crippen LogP contribution in [0.3, 0.4) is 0 Å². The molecule has 2 aliphatic heterocycles. The van der Waals surface area contributed by atoms with Crippen molar-refractivity contribution in [1.29, 1.82) is 0 Å². The molecule has 2 aliphatic rings. The van der Waals surface area contributed by atoms with E-state index in [0.717, 1.165) is 59.7 Å². The lowest BCUT2D eigenvalue weighted by Gasteiger charge is -2.29. The summed E-state index contributed by atoms with van der Waals surface area (Å²) in [5, 5.41) is 1.08. The molecule has 1 amide bonds. The zero-order valence-electron chi connectivity index (χ0n) is 14.1. The minimum absolute atomic E-state index is 0.0939. The van der Waals surface area contributed by atoms with Crippen LogP contribution in [0.2, 0.25) is 0 Å². The number of aromatic nitrogens is 2. The topological polar surface area (TPSA) is 78.2 Å². The van der Waals surface area contributed by atoms with E-state index < -0.39 is 0 Å². The molecule has 2 aromatic heterocycles. The maximum atomic E-state index is 13.0. The van der Waals surface area contributed by atoms with Gasteiger partial charge >= 0.3 is 0 Å². The Kier molecular flexibility index (Phi) is 4.67. The fraction of sp³-hybridized carbons (Fsp3) is 0.444. The Morgan fingerprint density at radius 1 is 1.32 bits per heavy atom. The minimum atomic E-state index is 0.0939. The van der Waals surface area contributed by atoms with E-state index in [2.05, 4.69) is 14.9 Å². The molecule has 4 rings (SSSR count). The van der Waals surface area contributed by atoms with Gasteiger partial charge < -0.3 is 20.5 Å². The number of H-pyrrole nitrogens is 1. The molecule has 0 aromatic carbocycles. The summed E-state index contributed by atoms with van der Waals surface area (Å²) >= 11 is 1.64. The molecule has 0 spiro atoms. The van der Waals surface area contributed by atoms with Crippen molar-refractivity contribution in [2.75, 3.05) is 30.3 Å². The van der Waals surface area contributed by atoms with Gasteiger partial charge in [0.1, 0.15) is 5.65 Å². The lowest BCUT2D eigenvalue weighted by Crippen LogP contribution is -2.41. The Labute approximate surface area is 151 Å². The third-order valence-electron chi connectivity index (χ3n) is 4.82. The minimum Gasteiger partial charge on any atom is -0.346 e. The van der Waals surface area contributed by atoms with Gasteiger partial charge in [0.15, 0.2) is 0 Å². The first-order valence-corrected chi connectivity index (χ1v) is 9.79. The Balaban J connectivity index is 1.60. The van der Waals surface area contributed by atoms with Gasteiger partial charge in [-0.05, 0) is 25.0 Å². The number of pyridine rings is 1. The molecule has 1 saturated heterocycles.